The van der Waals surface area contributed by atoms with Crippen molar-refractivity contribution in [1.29, 1.82) is 0 Å². The topological polar surface area (TPSA) is 84.2 Å². The number of ether oxygens (including phenoxy) is 4. The highest BCUT2D eigenvalue weighted by atomic mass is 35.5. The van der Waals surface area contributed by atoms with E-state index in [1.54, 1.807) is 30.3 Å². The van der Waals surface area contributed by atoms with Crippen molar-refractivity contribution in [3.05, 3.63) is 68.9 Å². The fraction of sp³-hybridized carbons (Fsp3) is 0.130. The maximum Gasteiger partial charge on any atom is 0.396 e. The largest absolute Gasteiger partial charge is 0.493 e. The minimum absolute atomic E-state index is 0.194. The summed E-state index contributed by atoms with van der Waals surface area (Å²) in [5, 5.41) is 0.468. The zero-order chi connectivity index (χ0) is 22.8. The molecule has 0 fully saturated rings. The molecule has 0 bridgehead atoms. The number of hydrogen-bond donors (Lipinski definition) is 0. The Hall–Kier alpha value is -3.49. The van der Waals surface area contributed by atoms with Crippen LogP contribution in [0.1, 0.15) is 10.4 Å². The molecular weight excluding hydrogens is 456 g/mol. The molecule has 0 aliphatic carbocycles. The molecule has 3 aromatic carbocycles. The molecule has 1 aromatic heterocycles. The highest BCUT2D eigenvalue weighted by Crippen LogP contribution is 2.40. The van der Waals surface area contributed by atoms with Gasteiger partial charge in [-0.15, -0.1) is 0 Å². The second kappa shape index (κ2) is 8.94. The number of methoxy groups -OCH3 is 3. The minimum atomic E-state index is -0.649. The molecule has 4 rings (SSSR count). The van der Waals surface area contributed by atoms with E-state index < -0.39 is 10.9 Å². The van der Waals surface area contributed by atoms with Gasteiger partial charge in [0.05, 0.1) is 31.6 Å². The minimum Gasteiger partial charge on any atom is -0.493 e. The Kier molecular flexibility index (Phi) is 6.07. The van der Waals surface area contributed by atoms with E-state index in [1.165, 1.54) is 33.5 Å². The van der Waals surface area contributed by atoms with Gasteiger partial charge in [0.25, 0.3) is 0 Å². The number of carbonyl (C=O) groups excluding carboxylic acids is 1. The van der Waals surface area contributed by atoms with Crippen LogP contribution in [0.4, 0.5) is 0 Å². The van der Waals surface area contributed by atoms with Crippen molar-refractivity contribution in [3.63, 3.8) is 0 Å². The molecule has 9 heteroatoms. The van der Waals surface area contributed by atoms with E-state index in [2.05, 4.69) is 0 Å². The third-order valence-electron chi connectivity index (χ3n) is 4.68. The van der Waals surface area contributed by atoms with Gasteiger partial charge in [-0.1, -0.05) is 41.1 Å². The summed E-state index contributed by atoms with van der Waals surface area (Å²) in [6.07, 6.45) is 0. The smallest absolute Gasteiger partial charge is 0.396 e. The van der Waals surface area contributed by atoms with Crippen LogP contribution in [-0.4, -0.2) is 27.3 Å². The van der Waals surface area contributed by atoms with Gasteiger partial charge in [-0.05, 0) is 24.3 Å². The number of hydrogen-bond acceptors (Lipinski definition) is 8. The maximum atomic E-state index is 12.9. The van der Waals surface area contributed by atoms with E-state index in [0.29, 0.717) is 43.7 Å². The lowest BCUT2D eigenvalue weighted by Crippen LogP contribution is -2.09. The highest BCUT2D eigenvalue weighted by molar-refractivity contribution is 7.16. The van der Waals surface area contributed by atoms with Gasteiger partial charge in [-0.3, -0.25) is 0 Å². The zero-order valence-electron chi connectivity index (χ0n) is 17.3. The molecule has 0 amide bonds. The van der Waals surface area contributed by atoms with Crippen LogP contribution in [0.5, 0.6) is 23.0 Å². The third kappa shape index (κ3) is 4.02. The van der Waals surface area contributed by atoms with Gasteiger partial charge >= 0.3 is 10.9 Å². The second-order valence-corrected chi connectivity index (χ2v) is 7.92. The molecule has 0 spiro atoms. The summed E-state index contributed by atoms with van der Waals surface area (Å²) >= 11 is 7.26. The molecule has 32 heavy (non-hydrogen) atoms. The predicted octanol–water partition coefficient (Wildman–Crippen LogP) is 5.42. The van der Waals surface area contributed by atoms with Crippen LogP contribution in [-0.2, 0) is 0 Å². The average Bonchev–Trinajstić information content (AvgIpc) is 3.17. The van der Waals surface area contributed by atoms with E-state index in [-0.39, 0.29) is 11.3 Å². The number of benzene rings is 3. The van der Waals surface area contributed by atoms with Gasteiger partial charge in [0, 0.05) is 22.2 Å². The first-order chi connectivity index (χ1) is 15.4. The quantitative estimate of drug-likeness (QED) is 0.273. The third-order valence-corrected chi connectivity index (χ3v) is 5.78. The van der Waals surface area contributed by atoms with Gasteiger partial charge in [-0.2, -0.15) is 0 Å². The zero-order valence-corrected chi connectivity index (χ0v) is 18.8. The van der Waals surface area contributed by atoms with E-state index >= 15 is 0 Å². The van der Waals surface area contributed by atoms with Crippen molar-refractivity contribution >= 4 is 39.2 Å². The molecule has 1 heterocycles. The molecule has 0 unspecified atom stereocenters. The number of fused-ring (bicyclic) bond motifs is 1. The molecule has 0 aliphatic rings. The van der Waals surface area contributed by atoms with Crippen molar-refractivity contribution < 1.29 is 28.2 Å². The summed E-state index contributed by atoms with van der Waals surface area (Å²) in [6.45, 7) is 0. The Morgan fingerprint density at radius 2 is 1.62 bits per heavy atom. The summed E-state index contributed by atoms with van der Waals surface area (Å²) in [6, 6.07) is 13.3. The van der Waals surface area contributed by atoms with Crippen molar-refractivity contribution in [2.24, 2.45) is 0 Å². The van der Waals surface area contributed by atoms with Crippen LogP contribution in [0.3, 0.4) is 0 Å². The summed E-state index contributed by atoms with van der Waals surface area (Å²) in [4.78, 5) is 24.3. The molecule has 0 N–H and O–H groups in total. The lowest BCUT2D eigenvalue weighted by atomic mass is 10.0. The SMILES string of the molecule is COc1cc(C(=O)Oc2cc(-c3ccccc3Cl)c3oc(=O)sc3c2)cc(OC)c1OC. The van der Waals surface area contributed by atoms with Crippen molar-refractivity contribution in [1.82, 2.24) is 0 Å². The molecule has 0 aliphatic heterocycles. The van der Waals surface area contributed by atoms with Crippen LogP contribution in [0.2, 0.25) is 5.02 Å². The first-order valence-electron chi connectivity index (χ1n) is 9.30. The van der Waals surface area contributed by atoms with E-state index in [9.17, 15) is 9.59 Å². The lowest BCUT2D eigenvalue weighted by Gasteiger charge is -2.14. The molecule has 164 valence electrons. The summed E-state index contributed by atoms with van der Waals surface area (Å²) in [5.74, 6) is 0.572. The fourth-order valence-electron chi connectivity index (χ4n) is 3.26. The van der Waals surface area contributed by atoms with Gasteiger partial charge in [-0.25, -0.2) is 9.59 Å². The van der Waals surface area contributed by atoms with E-state index in [1.807, 2.05) is 6.07 Å². The van der Waals surface area contributed by atoms with Crippen LogP contribution in [0, 0.1) is 0 Å². The Morgan fingerprint density at radius 1 is 0.938 bits per heavy atom. The summed E-state index contributed by atoms with van der Waals surface area (Å²) in [5.41, 5.74) is 1.76. The van der Waals surface area contributed by atoms with Crippen molar-refractivity contribution in [3.8, 4) is 34.1 Å². The van der Waals surface area contributed by atoms with Gasteiger partial charge in [0.2, 0.25) is 5.75 Å². The molecule has 0 saturated carbocycles. The number of rotatable bonds is 6. The Labute approximate surface area is 191 Å². The van der Waals surface area contributed by atoms with Crippen LogP contribution < -0.4 is 23.9 Å². The Morgan fingerprint density at radius 3 is 2.25 bits per heavy atom. The summed E-state index contributed by atoms with van der Waals surface area (Å²) in [7, 11) is 4.38. The predicted molar refractivity (Wildman–Crippen MR) is 122 cm³/mol. The monoisotopic (exact) mass is 472 g/mol. The van der Waals surface area contributed by atoms with Crippen LogP contribution in [0.15, 0.2) is 57.7 Å². The Bertz CT molecular complexity index is 1350. The number of halogens is 1. The summed E-state index contributed by atoms with van der Waals surface area (Å²) < 4.78 is 27.4. The molecule has 7 nitrogen and oxygen atoms in total. The molecule has 0 radical (unpaired) electrons. The van der Waals surface area contributed by atoms with Crippen molar-refractivity contribution in [2.75, 3.05) is 21.3 Å². The standard InChI is InChI=1S/C23H17ClO7S/c1-27-17-8-12(9-18(28-2)21(17)29-3)22(25)30-13-10-15(14-6-4-5-7-16(14)24)20-19(11-13)32-23(26)31-20/h4-11H,1-3H3. The van der Waals surface area contributed by atoms with Gasteiger partial charge in [0.1, 0.15) is 5.75 Å². The lowest BCUT2D eigenvalue weighted by molar-refractivity contribution is 0.0734. The molecule has 0 saturated heterocycles. The highest BCUT2D eigenvalue weighted by Gasteiger charge is 2.20. The van der Waals surface area contributed by atoms with Gasteiger partial charge in [0.15, 0.2) is 17.1 Å². The number of esters is 1. The first-order valence-corrected chi connectivity index (χ1v) is 10.5. The van der Waals surface area contributed by atoms with E-state index in [0.717, 1.165) is 11.3 Å². The maximum absolute atomic E-state index is 12.9. The number of carbonyl (C=O) groups is 1. The second-order valence-electron chi connectivity index (χ2n) is 6.54. The van der Waals surface area contributed by atoms with E-state index in [4.69, 9.17) is 35.0 Å². The van der Waals surface area contributed by atoms with Crippen LogP contribution >= 0.6 is 22.9 Å². The first kappa shape index (κ1) is 21.7. The molecular formula is C23H17ClO7S. The van der Waals surface area contributed by atoms with Crippen LogP contribution in [0.25, 0.3) is 21.4 Å². The molecule has 4 aromatic rings. The van der Waals surface area contributed by atoms with Gasteiger partial charge < -0.3 is 23.4 Å². The Balaban J connectivity index is 1.78. The normalized spacial score (nSPS) is 10.8. The molecule has 0 atom stereocenters. The van der Waals surface area contributed by atoms with Crippen molar-refractivity contribution in [2.45, 2.75) is 0 Å². The average molecular weight is 473 g/mol. The fourth-order valence-corrected chi connectivity index (χ4v) is 4.22.